The van der Waals surface area contributed by atoms with Crippen LogP contribution in [-0.4, -0.2) is 24.3 Å². The monoisotopic (exact) mass is 229 g/mol. The molecule has 0 bridgehead atoms. The van der Waals surface area contributed by atoms with Gasteiger partial charge in [-0.2, -0.15) is 13.2 Å². The SMILES string of the molecule is Cc1ccc(C2CCN(C(F)(F)F)C2)cc1. The van der Waals surface area contributed by atoms with Crippen LogP contribution in [0.5, 0.6) is 0 Å². The summed E-state index contributed by atoms with van der Waals surface area (Å²) in [5.74, 6) is 0.0159. The summed E-state index contributed by atoms with van der Waals surface area (Å²) in [5, 5.41) is 0. The van der Waals surface area contributed by atoms with E-state index >= 15 is 0 Å². The number of rotatable bonds is 1. The van der Waals surface area contributed by atoms with Gasteiger partial charge in [-0.15, -0.1) is 0 Å². The fraction of sp³-hybridized carbons (Fsp3) is 0.500. The maximum absolute atomic E-state index is 12.4. The van der Waals surface area contributed by atoms with Crippen LogP contribution in [0.15, 0.2) is 24.3 Å². The van der Waals surface area contributed by atoms with Crippen LogP contribution in [0.2, 0.25) is 0 Å². The second-order valence-electron chi connectivity index (χ2n) is 4.31. The maximum Gasteiger partial charge on any atom is 0.459 e. The van der Waals surface area contributed by atoms with Gasteiger partial charge in [-0.1, -0.05) is 29.8 Å². The van der Waals surface area contributed by atoms with Crippen LogP contribution in [0.1, 0.15) is 23.5 Å². The van der Waals surface area contributed by atoms with Gasteiger partial charge >= 0.3 is 6.30 Å². The summed E-state index contributed by atoms with van der Waals surface area (Å²) >= 11 is 0. The van der Waals surface area contributed by atoms with E-state index < -0.39 is 6.30 Å². The largest absolute Gasteiger partial charge is 0.459 e. The molecule has 1 atom stereocenters. The average molecular weight is 229 g/mol. The molecule has 88 valence electrons. The van der Waals surface area contributed by atoms with Gasteiger partial charge < -0.3 is 0 Å². The maximum atomic E-state index is 12.4. The smallest absolute Gasteiger partial charge is 0.214 e. The highest BCUT2D eigenvalue weighted by atomic mass is 19.4. The van der Waals surface area contributed by atoms with Gasteiger partial charge in [0.1, 0.15) is 0 Å². The van der Waals surface area contributed by atoms with Crippen LogP contribution in [0.25, 0.3) is 0 Å². The van der Waals surface area contributed by atoms with E-state index in [-0.39, 0.29) is 19.0 Å². The van der Waals surface area contributed by atoms with Crippen molar-refractivity contribution < 1.29 is 13.2 Å². The van der Waals surface area contributed by atoms with Crippen molar-refractivity contribution in [2.75, 3.05) is 13.1 Å². The van der Waals surface area contributed by atoms with Crippen LogP contribution in [0.3, 0.4) is 0 Å². The molecule has 1 aromatic carbocycles. The summed E-state index contributed by atoms with van der Waals surface area (Å²) in [7, 11) is 0. The fourth-order valence-corrected chi connectivity index (χ4v) is 2.10. The number of halogens is 3. The Balaban J connectivity index is 2.06. The second-order valence-corrected chi connectivity index (χ2v) is 4.31. The number of nitrogens with zero attached hydrogens (tertiary/aromatic N) is 1. The topological polar surface area (TPSA) is 3.24 Å². The van der Waals surface area contributed by atoms with Crippen molar-refractivity contribution in [1.29, 1.82) is 0 Å². The van der Waals surface area contributed by atoms with Crippen LogP contribution in [0, 0.1) is 6.92 Å². The summed E-state index contributed by atoms with van der Waals surface area (Å²) in [4.78, 5) is 0.595. The van der Waals surface area contributed by atoms with Gasteiger partial charge in [0.25, 0.3) is 0 Å². The molecule has 1 nitrogen and oxygen atoms in total. The van der Waals surface area contributed by atoms with Crippen LogP contribution in [-0.2, 0) is 0 Å². The van der Waals surface area contributed by atoms with Crippen molar-refractivity contribution in [3.63, 3.8) is 0 Å². The molecule has 16 heavy (non-hydrogen) atoms. The van der Waals surface area contributed by atoms with Crippen molar-refractivity contribution in [3.8, 4) is 0 Å². The molecule has 1 heterocycles. The first kappa shape index (κ1) is 11.5. The van der Waals surface area contributed by atoms with E-state index in [1.807, 2.05) is 31.2 Å². The molecular weight excluding hydrogens is 215 g/mol. The Morgan fingerprint density at radius 3 is 2.31 bits per heavy atom. The fourth-order valence-electron chi connectivity index (χ4n) is 2.10. The highest BCUT2D eigenvalue weighted by Gasteiger charge is 2.41. The molecular formula is C12H14F3N. The zero-order valence-electron chi connectivity index (χ0n) is 9.09. The quantitative estimate of drug-likeness (QED) is 0.668. The van der Waals surface area contributed by atoms with E-state index in [9.17, 15) is 13.2 Å². The molecule has 2 rings (SSSR count). The molecule has 1 aliphatic rings. The third kappa shape index (κ3) is 2.38. The number of hydrogen-bond acceptors (Lipinski definition) is 1. The molecule has 1 fully saturated rings. The molecule has 0 radical (unpaired) electrons. The van der Waals surface area contributed by atoms with Crippen LogP contribution < -0.4 is 0 Å². The number of likely N-dealkylation sites (tertiary alicyclic amines) is 1. The van der Waals surface area contributed by atoms with E-state index in [0.717, 1.165) is 11.1 Å². The van der Waals surface area contributed by atoms with Gasteiger partial charge in [-0.25, -0.2) is 4.90 Å². The lowest BCUT2D eigenvalue weighted by Gasteiger charge is -2.19. The Kier molecular flexibility index (Phi) is 2.93. The highest BCUT2D eigenvalue weighted by molar-refractivity contribution is 5.25. The second kappa shape index (κ2) is 4.09. The van der Waals surface area contributed by atoms with E-state index in [1.165, 1.54) is 0 Å². The van der Waals surface area contributed by atoms with Gasteiger partial charge in [-0.3, -0.25) is 0 Å². The van der Waals surface area contributed by atoms with Crippen molar-refractivity contribution in [2.45, 2.75) is 25.6 Å². The Morgan fingerprint density at radius 1 is 1.19 bits per heavy atom. The van der Waals surface area contributed by atoms with E-state index in [0.29, 0.717) is 11.3 Å². The molecule has 0 saturated carbocycles. The Bertz CT molecular complexity index is 356. The molecule has 0 spiro atoms. The summed E-state index contributed by atoms with van der Waals surface area (Å²) in [6.07, 6.45) is -3.60. The van der Waals surface area contributed by atoms with Gasteiger partial charge in [-0.05, 0) is 24.8 Å². The van der Waals surface area contributed by atoms with Crippen molar-refractivity contribution in [1.82, 2.24) is 4.90 Å². The first-order valence-corrected chi connectivity index (χ1v) is 5.35. The van der Waals surface area contributed by atoms with Crippen LogP contribution in [0.4, 0.5) is 13.2 Å². The van der Waals surface area contributed by atoms with Gasteiger partial charge in [0, 0.05) is 13.1 Å². The van der Waals surface area contributed by atoms with Crippen molar-refractivity contribution in [2.24, 2.45) is 0 Å². The molecule has 1 aliphatic heterocycles. The first-order valence-electron chi connectivity index (χ1n) is 5.35. The standard InChI is InChI=1S/C12H14F3N/c1-9-2-4-10(5-3-9)11-6-7-16(8-11)12(13,14)15/h2-5,11H,6-8H2,1H3. The molecule has 1 aromatic rings. The molecule has 4 heteroatoms. The predicted molar refractivity (Wildman–Crippen MR) is 56.2 cm³/mol. The minimum Gasteiger partial charge on any atom is -0.214 e. The first-order chi connectivity index (χ1) is 7.47. The zero-order valence-corrected chi connectivity index (χ0v) is 9.09. The number of aryl methyl sites for hydroxylation is 1. The van der Waals surface area contributed by atoms with E-state index in [4.69, 9.17) is 0 Å². The Morgan fingerprint density at radius 2 is 1.81 bits per heavy atom. The molecule has 0 aliphatic carbocycles. The van der Waals surface area contributed by atoms with Gasteiger partial charge in [0.15, 0.2) is 0 Å². The third-order valence-electron chi connectivity index (χ3n) is 3.10. The van der Waals surface area contributed by atoms with E-state index in [1.54, 1.807) is 0 Å². The summed E-state index contributed by atoms with van der Waals surface area (Å²) < 4.78 is 37.3. The molecule has 0 N–H and O–H groups in total. The lowest BCUT2D eigenvalue weighted by Crippen LogP contribution is -2.35. The lowest BCUT2D eigenvalue weighted by atomic mass is 9.98. The number of hydrogen-bond donors (Lipinski definition) is 0. The van der Waals surface area contributed by atoms with Crippen molar-refractivity contribution in [3.05, 3.63) is 35.4 Å². The number of alkyl halides is 3. The molecule has 0 aromatic heterocycles. The number of benzene rings is 1. The highest BCUT2D eigenvalue weighted by Crippen LogP contribution is 2.33. The molecule has 1 unspecified atom stereocenters. The Hall–Kier alpha value is -1.03. The Labute approximate surface area is 92.9 Å². The zero-order chi connectivity index (χ0) is 11.8. The minimum absolute atomic E-state index is 0.0159. The summed E-state index contributed by atoms with van der Waals surface area (Å²) in [5.41, 5.74) is 2.15. The van der Waals surface area contributed by atoms with Crippen molar-refractivity contribution >= 4 is 0 Å². The normalized spacial score (nSPS) is 22.6. The lowest BCUT2D eigenvalue weighted by molar-refractivity contribution is -0.238. The minimum atomic E-state index is -4.18. The average Bonchev–Trinajstić information content (AvgIpc) is 2.67. The van der Waals surface area contributed by atoms with Gasteiger partial charge in [0.05, 0.1) is 0 Å². The summed E-state index contributed by atoms with van der Waals surface area (Å²) in [6.45, 7) is 2.18. The summed E-state index contributed by atoms with van der Waals surface area (Å²) in [6, 6.07) is 7.76. The van der Waals surface area contributed by atoms with Gasteiger partial charge in [0.2, 0.25) is 0 Å². The van der Waals surface area contributed by atoms with Crippen LogP contribution >= 0.6 is 0 Å². The van der Waals surface area contributed by atoms with E-state index in [2.05, 4.69) is 0 Å². The molecule has 0 amide bonds. The predicted octanol–water partition coefficient (Wildman–Crippen LogP) is 3.30. The third-order valence-corrected chi connectivity index (χ3v) is 3.10. The molecule has 1 saturated heterocycles.